The van der Waals surface area contributed by atoms with Crippen LogP contribution in [0.25, 0.3) is 0 Å². The minimum Gasteiger partial charge on any atom is -0.315 e. The van der Waals surface area contributed by atoms with E-state index in [2.05, 4.69) is 43.5 Å². The van der Waals surface area contributed by atoms with E-state index in [1.54, 1.807) is 0 Å². The van der Waals surface area contributed by atoms with Crippen LogP contribution in [-0.2, 0) is 0 Å². The Morgan fingerprint density at radius 3 is 2.57 bits per heavy atom. The number of nitrogens with one attached hydrogen (secondary N) is 2. The normalized spacial score (nSPS) is 25.9. The molecule has 14 heavy (non-hydrogen) atoms. The lowest BCUT2D eigenvalue weighted by Crippen LogP contribution is -2.44. The highest BCUT2D eigenvalue weighted by molar-refractivity contribution is 4.84. The van der Waals surface area contributed by atoms with Gasteiger partial charge in [0.2, 0.25) is 0 Å². The van der Waals surface area contributed by atoms with E-state index in [0.717, 1.165) is 12.5 Å². The summed E-state index contributed by atoms with van der Waals surface area (Å²) in [7, 11) is 4.29. The van der Waals surface area contributed by atoms with Crippen LogP contribution in [0, 0.1) is 5.92 Å². The van der Waals surface area contributed by atoms with Gasteiger partial charge in [0.1, 0.15) is 0 Å². The zero-order valence-electron chi connectivity index (χ0n) is 10.0. The minimum absolute atomic E-state index is 0.588. The summed E-state index contributed by atoms with van der Waals surface area (Å²) in [5, 5.41) is 6.94. The van der Waals surface area contributed by atoms with Crippen molar-refractivity contribution < 1.29 is 0 Å². The molecule has 1 heterocycles. The Balaban J connectivity index is 2.30. The van der Waals surface area contributed by atoms with Crippen molar-refractivity contribution in [3.8, 4) is 0 Å². The SMILES string of the molecule is CNC(CNC(C)C)C1CCN(C)C1. The van der Waals surface area contributed by atoms with Gasteiger partial charge in [-0.3, -0.25) is 0 Å². The molecule has 84 valence electrons. The Morgan fingerprint density at radius 2 is 2.14 bits per heavy atom. The van der Waals surface area contributed by atoms with Crippen LogP contribution in [-0.4, -0.2) is 50.7 Å². The molecule has 0 spiro atoms. The number of rotatable bonds is 5. The van der Waals surface area contributed by atoms with Crippen LogP contribution >= 0.6 is 0 Å². The molecule has 2 N–H and O–H groups in total. The summed E-state index contributed by atoms with van der Waals surface area (Å²) in [6.07, 6.45) is 1.34. The lowest BCUT2D eigenvalue weighted by molar-refractivity contribution is 0.331. The largest absolute Gasteiger partial charge is 0.315 e. The second kappa shape index (κ2) is 5.69. The second-order valence-electron chi connectivity index (χ2n) is 4.77. The van der Waals surface area contributed by atoms with E-state index < -0.39 is 0 Å². The molecule has 1 fully saturated rings. The summed E-state index contributed by atoms with van der Waals surface area (Å²) < 4.78 is 0. The second-order valence-corrected chi connectivity index (χ2v) is 4.77. The Morgan fingerprint density at radius 1 is 1.43 bits per heavy atom. The number of likely N-dealkylation sites (N-methyl/N-ethyl adjacent to an activating group) is 1. The molecule has 1 saturated heterocycles. The Kier molecular flexibility index (Phi) is 4.85. The standard InChI is InChI=1S/C11H25N3/c1-9(2)13-7-11(12-3)10-5-6-14(4)8-10/h9-13H,5-8H2,1-4H3. The van der Waals surface area contributed by atoms with E-state index in [4.69, 9.17) is 0 Å². The predicted molar refractivity (Wildman–Crippen MR) is 61.6 cm³/mol. The Bertz CT molecular complexity index is 159. The summed E-state index contributed by atoms with van der Waals surface area (Å²) in [5.74, 6) is 0.816. The van der Waals surface area contributed by atoms with Crippen molar-refractivity contribution in [2.24, 2.45) is 5.92 Å². The molecule has 1 aliphatic rings. The summed E-state index contributed by atoms with van der Waals surface area (Å²) in [6.45, 7) is 7.99. The highest BCUT2D eigenvalue weighted by atomic mass is 15.1. The molecule has 1 aliphatic heterocycles. The van der Waals surface area contributed by atoms with Gasteiger partial charge in [0.05, 0.1) is 0 Å². The molecule has 3 heteroatoms. The maximum Gasteiger partial charge on any atom is 0.0230 e. The summed E-state index contributed by atoms with van der Waals surface area (Å²) in [5.41, 5.74) is 0. The van der Waals surface area contributed by atoms with Gasteiger partial charge in [0.25, 0.3) is 0 Å². The quantitative estimate of drug-likeness (QED) is 0.676. The lowest BCUT2D eigenvalue weighted by atomic mass is 9.99. The first-order valence-electron chi connectivity index (χ1n) is 5.72. The molecule has 0 bridgehead atoms. The maximum absolute atomic E-state index is 3.51. The fourth-order valence-corrected chi connectivity index (χ4v) is 2.16. The van der Waals surface area contributed by atoms with E-state index >= 15 is 0 Å². The van der Waals surface area contributed by atoms with Crippen molar-refractivity contribution in [3.05, 3.63) is 0 Å². The van der Waals surface area contributed by atoms with Gasteiger partial charge in [0.15, 0.2) is 0 Å². The molecule has 0 saturated carbocycles. The zero-order chi connectivity index (χ0) is 10.6. The van der Waals surface area contributed by atoms with Gasteiger partial charge >= 0.3 is 0 Å². The van der Waals surface area contributed by atoms with Crippen molar-refractivity contribution in [2.75, 3.05) is 33.7 Å². The first-order chi connectivity index (χ1) is 6.63. The van der Waals surface area contributed by atoms with E-state index in [1.165, 1.54) is 19.5 Å². The van der Waals surface area contributed by atoms with Crippen molar-refractivity contribution in [3.63, 3.8) is 0 Å². The van der Waals surface area contributed by atoms with Gasteiger partial charge < -0.3 is 15.5 Å². The summed E-state index contributed by atoms with van der Waals surface area (Å²) in [6, 6.07) is 1.22. The first kappa shape index (κ1) is 12.0. The van der Waals surface area contributed by atoms with Crippen LogP contribution in [0.5, 0.6) is 0 Å². The van der Waals surface area contributed by atoms with E-state index in [1.807, 2.05) is 0 Å². The zero-order valence-corrected chi connectivity index (χ0v) is 10.0. The fourth-order valence-electron chi connectivity index (χ4n) is 2.16. The summed E-state index contributed by atoms with van der Waals surface area (Å²) >= 11 is 0. The third-order valence-electron chi connectivity index (χ3n) is 3.11. The fraction of sp³-hybridized carbons (Fsp3) is 1.00. The van der Waals surface area contributed by atoms with Crippen LogP contribution in [0.1, 0.15) is 20.3 Å². The number of likely N-dealkylation sites (tertiary alicyclic amines) is 1. The predicted octanol–water partition coefficient (Wildman–Crippen LogP) is 0.524. The third kappa shape index (κ3) is 3.56. The molecule has 2 atom stereocenters. The van der Waals surface area contributed by atoms with Crippen molar-refractivity contribution in [2.45, 2.75) is 32.4 Å². The molecule has 0 amide bonds. The molecule has 2 unspecified atom stereocenters. The van der Waals surface area contributed by atoms with Crippen LogP contribution in [0.15, 0.2) is 0 Å². The molecule has 0 aromatic heterocycles. The average Bonchev–Trinajstić information content (AvgIpc) is 2.53. The molecular weight excluding hydrogens is 174 g/mol. The van der Waals surface area contributed by atoms with Crippen molar-refractivity contribution in [1.29, 1.82) is 0 Å². The highest BCUT2D eigenvalue weighted by Crippen LogP contribution is 2.17. The molecular formula is C11H25N3. The molecule has 0 aliphatic carbocycles. The highest BCUT2D eigenvalue weighted by Gasteiger charge is 2.26. The number of hydrogen-bond donors (Lipinski definition) is 2. The van der Waals surface area contributed by atoms with Crippen LogP contribution < -0.4 is 10.6 Å². The smallest absolute Gasteiger partial charge is 0.0230 e. The van der Waals surface area contributed by atoms with Gasteiger partial charge in [-0.15, -0.1) is 0 Å². The topological polar surface area (TPSA) is 27.3 Å². The van der Waals surface area contributed by atoms with Gasteiger partial charge in [-0.05, 0) is 33.0 Å². The number of hydrogen-bond acceptors (Lipinski definition) is 3. The van der Waals surface area contributed by atoms with Crippen LogP contribution in [0.3, 0.4) is 0 Å². The van der Waals surface area contributed by atoms with Gasteiger partial charge in [0, 0.05) is 25.2 Å². The number of nitrogens with zero attached hydrogens (tertiary/aromatic N) is 1. The van der Waals surface area contributed by atoms with Crippen LogP contribution in [0.2, 0.25) is 0 Å². The molecule has 0 radical (unpaired) electrons. The molecule has 0 aromatic carbocycles. The monoisotopic (exact) mass is 199 g/mol. The van der Waals surface area contributed by atoms with Gasteiger partial charge in [-0.2, -0.15) is 0 Å². The maximum atomic E-state index is 3.51. The third-order valence-corrected chi connectivity index (χ3v) is 3.11. The lowest BCUT2D eigenvalue weighted by Gasteiger charge is -2.24. The molecule has 1 rings (SSSR count). The summed E-state index contributed by atoms with van der Waals surface area (Å²) in [4.78, 5) is 2.42. The minimum atomic E-state index is 0.588. The van der Waals surface area contributed by atoms with Gasteiger partial charge in [-0.25, -0.2) is 0 Å². The van der Waals surface area contributed by atoms with Crippen LogP contribution in [0.4, 0.5) is 0 Å². The van der Waals surface area contributed by atoms with E-state index in [9.17, 15) is 0 Å². The van der Waals surface area contributed by atoms with Gasteiger partial charge in [-0.1, -0.05) is 13.8 Å². The average molecular weight is 199 g/mol. The van der Waals surface area contributed by atoms with E-state index in [0.29, 0.717) is 12.1 Å². The Labute approximate surface area is 88.2 Å². The molecule has 3 nitrogen and oxygen atoms in total. The first-order valence-corrected chi connectivity index (χ1v) is 5.72. The van der Waals surface area contributed by atoms with Crippen molar-refractivity contribution >= 4 is 0 Å². The van der Waals surface area contributed by atoms with E-state index in [-0.39, 0.29) is 0 Å². The molecule has 0 aromatic rings. The Hall–Kier alpha value is -0.120. The van der Waals surface area contributed by atoms with Crippen molar-refractivity contribution in [1.82, 2.24) is 15.5 Å².